The zero-order valence-corrected chi connectivity index (χ0v) is 31.4. The van der Waals surface area contributed by atoms with Gasteiger partial charge in [-0.25, -0.2) is 0 Å². The monoisotopic (exact) mass is 735 g/mol. The minimum absolute atomic E-state index is 1.11. The van der Waals surface area contributed by atoms with Crippen LogP contribution in [-0.2, 0) is 0 Å². The molecular formula is C52H33NS2. The number of benzene rings is 9. The quantitative estimate of drug-likeness (QED) is 0.164. The molecule has 0 radical (unpaired) electrons. The molecule has 0 aliphatic rings. The van der Waals surface area contributed by atoms with Gasteiger partial charge in [0.2, 0.25) is 0 Å². The fourth-order valence-electron chi connectivity index (χ4n) is 8.14. The lowest BCUT2D eigenvalue weighted by Gasteiger charge is -2.28. The van der Waals surface area contributed by atoms with Gasteiger partial charge in [0.05, 0.1) is 5.69 Å². The smallest absolute Gasteiger partial charge is 0.0540 e. The number of anilines is 3. The van der Waals surface area contributed by atoms with E-state index >= 15 is 0 Å². The first-order chi connectivity index (χ1) is 27.2. The number of para-hydroxylation sites is 1. The van der Waals surface area contributed by atoms with E-state index in [1.165, 1.54) is 84.5 Å². The first-order valence-electron chi connectivity index (χ1n) is 18.7. The van der Waals surface area contributed by atoms with E-state index in [2.05, 4.69) is 205 Å². The average molecular weight is 736 g/mol. The lowest BCUT2D eigenvalue weighted by Crippen LogP contribution is -2.11. The Labute approximate surface area is 327 Å². The van der Waals surface area contributed by atoms with Crippen LogP contribution >= 0.6 is 22.7 Å². The van der Waals surface area contributed by atoms with Crippen LogP contribution in [0.3, 0.4) is 0 Å². The molecule has 0 aliphatic heterocycles. The van der Waals surface area contributed by atoms with Gasteiger partial charge in [-0.3, -0.25) is 0 Å². The maximum absolute atomic E-state index is 2.43. The minimum Gasteiger partial charge on any atom is -0.310 e. The molecule has 0 saturated heterocycles. The van der Waals surface area contributed by atoms with Gasteiger partial charge in [-0.05, 0) is 111 Å². The normalized spacial score (nSPS) is 11.6. The van der Waals surface area contributed by atoms with Crippen molar-refractivity contribution < 1.29 is 0 Å². The predicted molar refractivity (Wildman–Crippen MR) is 241 cm³/mol. The Bertz CT molecular complexity index is 3220. The first kappa shape index (κ1) is 32.0. The molecule has 0 N–H and O–H groups in total. The van der Waals surface area contributed by atoms with Crippen LogP contribution in [0.15, 0.2) is 200 Å². The largest absolute Gasteiger partial charge is 0.310 e. The summed E-state index contributed by atoms with van der Waals surface area (Å²) in [5, 5.41) is 7.75. The van der Waals surface area contributed by atoms with Gasteiger partial charge < -0.3 is 4.90 Å². The van der Waals surface area contributed by atoms with Gasteiger partial charge in [0, 0.05) is 57.3 Å². The SMILES string of the molecule is c1cc(-c2ccc3sc4ccccc4c3c2)cc(N(c2ccc(-c3ccc4ccccc4c3)cc2)c2ccccc2-c2ccc3sc4ccccc4c3c2)c1. The van der Waals surface area contributed by atoms with E-state index in [4.69, 9.17) is 0 Å². The molecule has 9 aromatic carbocycles. The van der Waals surface area contributed by atoms with Gasteiger partial charge in [-0.15, -0.1) is 22.7 Å². The summed E-state index contributed by atoms with van der Waals surface area (Å²) in [7, 11) is 0. The molecule has 0 amide bonds. The summed E-state index contributed by atoms with van der Waals surface area (Å²) in [5.41, 5.74) is 10.6. The number of nitrogens with zero attached hydrogens (tertiary/aromatic N) is 1. The molecule has 0 bridgehead atoms. The second-order valence-electron chi connectivity index (χ2n) is 14.1. The van der Waals surface area contributed by atoms with Crippen LogP contribution in [-0.4, -0.2) is 0 Å². The van der Waals surface area contributed by atoms with Crippen LogP contribution in [0.5, 0.6) is 0 Å². The summed E-state index contributed by atoms with van der Waals surface area (Å²) < 4.78 is 5.28. The standard InChI is InChI=1S/C52H33NS2/c1-2-11-36-30-38(21-20-34(36)10-1)35-22-26-41(27-23-35)53(42-13-9-12-37(31-42)39-24-28-51-46(32-39)44-15-4-7-18-49(44)54-51)48-17-6-3-14-43(48)40-25-29-52-47(33-40)45-16-5-8-19-50(45)55-52/h1-33H. The van der Waals surface area contributed by atoms with E-state index in [1.54, 1.807) is 0 Å². The molecule has 0 atom stereocenters. The molecule has 258 valence electrons. The fraction of sp³-hybridized carbons (Fsp3) is 0. The molecule has 55 heavy (non-hydrogen) atoms. The minimum atomic E-state index is 1.11. The number of thiophene rings is 2. The summed E-state index contributed by atoms with van der Waals surface area (Å²) in [5.74, 6) is 0. The Morgan fingerprint density at radius 1 is 0.291 bits per heavy atom. The fourth-order valence-corrected chi connectivity index (χ4v) is 10.3. The molecule has 1 nitrogen and oxygen atoms in total. The number of hydrogen-bond acceptors (Lipinski definition) is 3. The molecule has 0 unspecified atom stereocenters. The molecule has 0 saturated carbocycles. The highest BCUT2D eigenvalue weighted by atomic mass is 32.1. The topological polar surface area (TPSA) is 3.24 Å². The first-order valence-corrected chi connectivity index (χ1v) is 20.3. The van der Waals surface area contributed by atoms with Crippen molar-refractivity contribution in [3.63, 3.8) is 0 Å². The second kappa shape index (κ2) is 13.1. The van der Waals surface area contributed by atoms with Gasteiger partial charge in [-0.2, -0.15) is 0 Å². The molecule has 11 aromatic rings. The Morgan fingerprint density at radius 2 is 0.836 bits per heavy atom. The van der Waals surface area contributed by atoms with Crippen LogP contribution in [0.2, 0.25) is 0 Å². The zero-order valence-electron chi connectivity index (χ0n) is 29.8. The molecule has 0 aliphatic carbocycles. The van der Waals surface area contributed by atoms with Crippen LogP contribution in [0, 0.1) is 0 Å². The van der Waals surface area contributed by atoms with E-state index in [1.807, 2.05) is 22.7 Å². The van der Waals surface area contributed by atoms with Crippen LogP contribution in [0.4, 0.5) is 17.1 Å². The van der Waals surface area contributed by atoms with E-state index in [0.29, 0.717) is 0 Å². The number of rotatable bonds is 6. The van der Waals surface area contributed by atoms with Crippen molar-refractivity contribution >= 4 is 90.9 Å². The summed E-state index contributed by atoms with van der Waals surface area (Å²) >= 11 is 3.72. The number of hydrogen-bond donors (Lipinski definition) is 0. The summed E-state index contributed by atoms with van der Waals surface area (Å²) in [4.78, 5) is 2.43. The van der Waals surface area contributed by atoms with Crippen LogP contribution in [0.1, 0.15) is 0 Å². The van der Waals surface area contributed by atoms with E-state index in [9.17, 15) is 0 Å². The van der Waals surface area contributed by atoms with Crippen molar-refractivity contribution in [2.45, 2.75) is 0 Å². The van der Waals surface area contributed by atoms with Crippen molar-refractivity contribution in [3.8, 4) is 33.4 Å². The molecule has 0 fully saturated rings. The lowest BCUT2D eigenvalue weighted by molar-refractivity contribution is 1.28. The Morgan fingerprint density at radius 3 is 1.60 bits per heavy atom. The Hall–Kier alpha value is -6.52. The van der Waals surface area contributed by atoms with Gasteiger partial charge in [0.15, 0.2) is 0 Å². The maximum Gasteiger partial charge on any atom is 0.0540 e. The van der Waals surface area contributed by atoms with Gasteiger partial charge in [0.25, 0.3) is 0 Å². The highest BCUT2D eigenvalue weighted by Crippen LogP contribution is 2.45. The summed E-state index contributed by atoms with van der Waals surface area (Å²) in [6.45, 7) is 0. The van der Waals surface area contributed by atoms with Crippen molar-refractivity contribution in [2.75, 3.05) is 4.90 Å². The third-order valence-electron chi connectivity index (χ3n) is 10.9. The third-order valence-corrected chi connectivity index (χ3v) is 13.2. The van der Waals surface area contributed by atoms with Crippen molar-refractivity contribution in [1.82, 2.24) is 0 Å². The number of fused-ring (bicyclic) bond motifs is 7. The van der Waals surface area contributed by atoms with Crippen molar-refractivity contribution in [3.05, 3.63) is 200 Å². The van der Waals surface area contributed by atoms with Crippen molar-refractivity contribution in [1.29, 1.82) is 0 Å². The van der Waals surface area contributed by atoms with Crippen molar-refractivity contribution in [2.24, 2.45) is 0 Å². The molecule has 2 aromatic heterocycles. The predicted octanol–water partition coefficient (Wildman–Crippen LogP) is 16.0. The second-order valence-corrected chi connectivity index (χ2v) is 16.3. The van der Waals surface area contributed by atoms with Crippen LogP contribution < -0.4 is 4.90 Å². The van der Waals surface area contributed by atoms with Crippen LogP contribution in [0.25, 0.3) is 84.5 Å². The Kier molecular flexibility index (Phi) is 7.61. The highest BCUT2D eigenvalue weighted by molar-refractivity contribution is 7.26. The summed E-state index contributed by atoms with van der Waals surface area (Å²) in [6, 6.07) is 73.6. The van der Waals surface area contributed by atoms with Gasteiger partial charge in [0.1, 0.15) is 0 Å². The van der Waals surface area contributed by atoms with Gasteiger partial charge >= 0.3 is 0 Å². The molecule has 2 heterocycles. The highest BCUT2D eigenvalue weighted by Gasteiger charge is 2.19. The van der Waals surface area contributed by atoms with E-state index in [-0.39, 0.29) is 0 Å². The third kappa shape index (κ3) is 5.60. The molecular weight excluding hydrogens is 703 g/mol. The van der Waals surface area contributed by atoms with Gasteiger partial charge in [-0.1, -0.05) is 127 Å². The van der Waals surface area contributed by atoms with E-state index in [0.717, 1.165) is 17.1 Å². The summed E-state index contributed by atoms with van der Waals surface area (Å²) in [6.07, 6.45) is 0. The lowest BCUT2D eigenvalue weighted by atomic mass is 9.98. The molecule has 3 heteroatoms. The zero-order chi connectivity index (χ0) is 36.3. The molecule has 0 spiro atoms. The van der Waals surface area contributed by atoms with E-state index < -0.39 is 0 Å². The molecule has 11 rings (SSSR count). The average Bonchev–Trinajstić information content (AvgIpc) is 3.82. The Balaban J connectivity index is 1.07. The maximum atomic E-state index is 2.43.